The molecule has 0 spiro atoms. The molecule has 1 aromatic heterocycles. The predicted octanol–water partition coefficient (Wildman–Crippen LogP) is 5.26. The van der Waals surface area contributed by atoms with Gasteiger partial charge in [-0.2, -0.15) is 0 Å². The zero-order valence-corrected chi connectivity index (χ0v) is 19.8. The molecule has 0 aliphatic heterocycles. The van der Waals surface area contributed by atoms with Crippen LogP contribution in [-0.4, -0.2) is 39.3 Å². The zero-order valence-electron chi connectivity index (χ0n) is 17.4. The fraction of sp³-hybridized carbons (Fsp3) is 0.182. The van der Waals surface area contributed by atoms with Gasteiger partial charge >= 0.3 is 0 Å². The first-order chi connectivity index (χ1) is 15.0. The van der Waals surface area contributed by atoms with Crippen LogP contribution in [0.1, 0.15) is 5.56 Å². The minimum Gasteiger partial charge on any atom is -0.493 e. The molecule has 1 heterocycles. The molecule has 0 unspecified atom stereocenters. The van der Waals surface area contributed by atoms with Crippen LogP contribution in [0, 0.1) is 0 Å². The first-order valence-corrected chi connectivity index (χ1v) is 10.7. The van der Waals surface area contributed by atoms with E-state index in [4.69, 9.17) is 18.9 Å². The van der Waals surface area contributed by atoms with Gasteiger partial charge in [0.25, 0.3) is 0 Å². The lowest BCUT2D eigenvalue weighted by atomic mass is 10.1. The van der Waals surface area contributed by atoms with E-state index in [1.807, 2.05) is 29.6 Å². The molecule has 0 atom stereocenters. The van der Waals surface area contributed by atoms with Gasteiger partial charge in [0, 0.05) is 17.0 Å². The van der Waals surface area contributed by atoms with E-state index in [0.717, 1.165) is 21.3 Å². The van der Waals surface area contributed by atoms with Gasteiger partial charge in [-0.05, 0) is 57.9 Å². The number of benzene rings is 2. The van der Waals surface area contributed by atoms with E-state index in [0.29, 0.717) is 28.1 Å². The Kier molecular flexibility index (Phi) is 7.54. The smallest absolute Gasteiger partial charge is 0.250 e. The average molecular weight is 505 g/mol. The van der Waals surface area contributed by atoms with E-state index < -0.39 is 0 Å². The van der Waals surface area contributed by atoms with Crippen LogP contribution < -0.4 is 24.3 Å². The Bertz CT molecular complexity index is 1110. The Morgan fingerprint density at radius 3 is 2.42 bits per heavy atom. The van der Waals surface area contributed by atoms with Gasteiger partial charge in [0.05, 0.1) is 38.6 Å². The third-order valence-electron chi connectivity index (χ3n) is 4.30. The molecule has 0 radical (unpaired) electrons. The van der Waals surface area contributed by atoms with Crippen LogP contribution >= 0.6 is 27.3 Å². The van der Waals surface area contributed by atoms with E-state index in [-0.39, 0.29) is 5.91 Å². The maximum atomic E-state index is 12.3. The molecule has 1 amide bonds. The highest BCUT2D eigenvalue weighted by molar-refractivity contribution is 9.10. The Morgan fingerprint density at radius 2 is 1.74 bits per heavy atom. The highest BCUT2D eigenvalue weighted by atomic mass is 79.9. The van der Waals surface area contributed by atoms with Gasteiger partial charge < -0.3 is 18.9 Å². The molecular weight excluding hydrogens is 484 g/mol. The Morgan fingerprint density at radius 1 is 1.00 bits per heavy atom. The standard InChI is InChI=1S/C22H21BrN2O5S/c1-27-17-7-6-14(11-18(17)28-2)16-12-31-22(24-16)25-20(26)8-5-13-9-15(23)21(30-4)19(10-13)29-3/h5-12H,1-4H3,(H,24,25,26)/b8-5+. The molecule has 0 fully saturated rings. The lowest BCUT2D eigenvalue weighted by Gasteiger charge is -2.10. The number of amides is 1. The number of halogens is 1. The van der Waals surface area contributed by atoms with Crippen molar-refractivity contribution in [3.63, 3.8) is 0 Å². The molecule has 1 N–H and O–H groups in total. The van der Waals surface area contributed by atoms with E-state index in [1.165, 1.54) is 17.4 Å². The topological polar surface area (TPSA) is 78.9 Å². The number of ether oxygens (including phenoxy) is 4. The van der Waals surface area contributed by atoms with Gasteiger partial charge in [-0.25, -0.2) is 4.98 Å². The summed E-state index contributed by atoms with van der Waals surface area (Å²) in [7, 11) is 6.29. The molecule has 7 nitrogen and oxygen atoms in total. The molecule has 31 heavy (non-hydrogen) atoms. The van der Waals surface area contributed by atoms with E-state index >= 15 is 0 Å². The monoisotopic (exact) mass is 504 g/mol. The molecule has 3 rings (SSSR count). The Balaban J connectivity index is 1.71. The molecule has 162 valence electrons. The second-order valence-corrected chi connectivity index (χ2v) is 7.88. The number of nitrogens with zero attached hydrogens (tertiary/aromatic N) is 1. The highest BCUT2D eigenvalue weighted by Gasteiger charge is 2.11. The number of thiazole rings is 1. The quantitative estimate of drug-likeness (QED) is 0.421. The van der Waals surface area contributed by atoms with Crippen molar-refractivity contribution in [1.29, 1.82) is 0 Å². The summed E-state index contributed by atoms with van der Waals surface area (Å²) in [6, 6.07) is 9.16. The lowest BCUT2D eigenvalue weighted by Crippen LogP contribution is -2.07. The molecule has 0 aliphatic rings. The largest absolute Gasteiger partial charge is 0.493 e. The van der Waals surface area contributed by atoms with E-state index in [9.17, 15) is 4.79 Å². The Hall–Kier alpha value is -3.04. The Labute approximate surface area is 192 Å². The molecule has 0 saturated carbocycles. The van der Waals surface area contributed by atoms with Gasteiger partial charge in [-0.3, -0.25) is 10.1 Å². The molecule has 0 bridgehead atoms. The van der Waals surface area contributed by atoms with Crippen molar-refractivity contribution in [2.75, 3.05) is 33.8 Å². The molecule has 0 aliphatic carbocycles. The second kappa shape index (κ2) is 10.3. The van der Waals surface area contributed by atoms with Crippen LogP contribution in [0.25, 0.3) is 17.3 Å². The van der Waals surface area contributed by atoms with Gasteiger partial charge in [0.2, 0.25) is 5.91 Å². The van der Waals surface area contributed by atoms with Crippen LogP contribution in [0.3, 0.4) is 0 Å². The first kappa shape index (κ1) is 22.6. The molecule has 3 aromatic rings. The fourth-order valence-corrected chi connectivity index (χ4v) is 4.16. The van der Waals surface area contributed by atoms with Crippen molar-refractivity contribution in [1.82, 2.24) is 4.98 Å². The van der Waals surface area contributed by atoms with Crippen LogP contribution in [0.4, 0.5) is 5.13 Å². The van der Waals surface area contributed by atoms with Gasteiger partial charge in [0.1, 0.15) is 0 Å². The van der Waals surface area contributed by atoms with Crippen LogP contribution in [0.5, 0.6) is 23.0 Å². The van der Waals surface area contributed by atoms with Crippen molar-refractivity contribution < 1.29 is 23.7 Å². The van der Waals surface area contributed by atoms with E-state index in [2.05, 4.69) is 26.2 Å². The average Bonchev–Trinajstić information content (AvgIpc) is 3.25. The maximum Gasteiger partial charge on any atom is 0.250 e. The number of methoxy groups -OCH3 is 4. The lowest BCUT2D eigenvalue weighted by molar-refractivity contribution is -0.111. The van der Waals surface area contributed by atoms with Crippen molar-refractivity contribution in [2.45, 2.75) is 0 Å². The van der Waals surface area contributed by atoms with Crippen LogP contribution in [0.2, 0.25) is 0 Å². The van der Waals surface area contributed by atoms with Gasteiger partial charge in [0.15, 0.2) is 28.1 Å². The summed E-state index contributed by atoms with van der Waals surface area (Å²) in [6.45, 7) is 0. The number of hydrogen-bond donors (Lipinski definition) is 1. The number of nitrogens with one attached hydrogen (secondary N) is 1. The summed E-state index contributed by atoms with van der Waals surface area (Å²) in [6.07, 6.45) is 3.12. The van der Waals surface area contributed by atoms with Crippen LogP contribution in [0.15, 0.2) is 46.3 Å². The van der Waals surface area contributed by atoms with Crippen molar-refractivity contribution in [2.24, 2.45) is 0 Å². The molecule has 0 saturated heterocycles. The van der Waals surface area contributed by atoms with Crippen molar-refractivity contribution in [3.05, 3.63) is 51.8 Å². The third-order valence-corrected chi connectivity index (χ3v) is 5.64. The summed E-state index contributed by atoms with van der Waals surface area (Å²) in [5, 5.41) is 5.14. The SMILES string of the molecule is COc1ccc(-c2csc(NC(=O)/C=C/c3cc(Br)c(OC)c(OC)c3)n2)cc1OC. The summed E-state index contributed by atoms with van der Waals surface area (Å²) in [5.74, 6) is 2.12. The minimum absolute atomic E-state index is 0.292. The summed E-state index contributed by atoms with van der Waals surface area (Å²) >= 11 is 4.78. The number of rotatable bonds is 8. The van der Waals surface area contributed by atoms with Crippen molar-refractivity contribution >= 4 is 44.4 Å². The van der Waals surface area contributed by atoms with Crippen LogP contribution in [-0.2, 0) is 4.79 Å². The molecule has 9 heteroatoms. The zero-order chi connectivity index (χ0) is 22.4. The third kappa shape index (κ3) is 5.36. The highest BCUT2D eigenvalue weighted by Crippen LogP contribution is 2.37. The summed E-state index contributed by atoms with van der Waals surface area (Å²) in [5.41, 5.74) is 2.37. The number of hydrogen-bond acceptors (Lipinski definition) is 7. The number of carbonyl (C=O) groups is 1. The minimum atomic E-state index is -0.292. The molecular formula is C22H21BrN2O5S. The predicted molar refractivity (Wildman–Crippen MR) is 126 cm³/mol. The number of aromatic nitrogens is 1. The van der Waals surface area contributed by atoms with E-state index in [1.54, 1.807) is 40.6 Å². The van der Waals surface area contributed by atoms with Gasteiger partial charge in [-0.15, -0.1) is 11.3 Å². The van der Waals surface area contributed by atoms with Crippen molar-refractivity contribution in [3.8, 4) is 34.3 Å². The maximum absolute atomic E-state index is 12.3. The second-order valence-electron chi connectivity index (χ2n) is 6.17. The summed E-state index contributed by atoms with van der Waals surface area (Å²) < 4.78 is 21.9. The molecule has 2 aromatic carbocycles. The number of carbonyl (C=O) groups excluding carboxylic acids is 1. The fourth-order valence-electron chi connectivity index (χ4n) is 2.81. The number of anilines is 1. The normalized spacial score (nSPS) is 10.7. The first-order valence-electron chi connectivity index (χ1n) is 9.07. The summed E-state index contributed by atoms with van der Waals surface area (Å²) in [4.78, 5) is 16.8. The van der Waals surface area contributed by atoms with Gasteiger partial charge in [-0.1, -0.05) is 0 Å².